The van der Waals surface area contributed by atoms with Crippen LogP contribution in [0.1, 0.15) is 40.1 Å². The number of amides is 2. The van der Waals surface area contributed by atoms with Crippen molar-refractivity contribution in [2.75, 3.05) is 0 Å². The Hall–Kier alpha value is -2.62. The van der Waals surface area contributed by atoms with Crippen LogP contribution in [0.15, 0.2) is 54.6 Å². The molecule has 0 aliphatic heterocycles. The lowest BCUT2D eigenvalue weighted by Gasteiger charge is -2.10. The van der Waals surface area contributed by atoms with Gasteiger partial charge < -0.3 is 10.6 Å². The van der Waals surface area contributed by atoms with Crippen LogP contribution >= 0.6 is 0 Å². The highest BCUT2D eigenvalue weighted by atomic mass is 16.2. The SMILES string of the molecule is CC(C)NC(=O)c1cccc(C(=O)NCc2ccccc2)c1. The van der Waals surface area contributed by atoms with E-state index in [9.17, 15) is 9.59 Å². The molecule has 0 aromatic heterocycles. The third-order valence-corrected chi connectivity index (χ3v) is 3.10. The van der Waals surface area contributed by atoms with Crippen molar-refractivity contribution < 1.29 is 9.59 Å². The lowest BCUT2D eigenvalue weighted by Crippen LogP contribution is -2.30. The van der Waals surface area contributed by atoms with E-state index in [0.29, 0.717) is 17.7 Å². The molecule has 0 fully saturated rings. The van der Waals surface area contributed by atoms with Crippen molar-refractivity contribution in [3.63, 3.8) is 0 Å². The summed E-state index contributed by atoms with van der Waals surface area (Å²) in [5.41, 5.74) is 2.00. The Morgan fingerprint density at radius 1 is 0.909 bits per heavy atom. The van der Waals surface area contributed by atoms with Gasteiger partial charge in [-0.15, -0.1) is 0 Å². The van der Waals surface area contributed by atoms with Crippen LogP contribution in [0.5, 0.6) is 0 Å². The first-order valence-electron chi connectivity index (χ1n) is 7.29. The average Bonchev–Trinajstić information content (AvgIpc) is 2.53. The van der Waals surface area contributed by atoms with Crippen molar-refractivity contribution in [2.24, 2.45) is 0 Å². The molecular weight excluding hydrogens is 276 g/mol. The summed E-state index contributed by atoms with van der Waals surface area (Å²) in [5.74, 6) is -0.365. The van der Waals surface area contributed by atoms with Crippen LogP contribution in [0.3, 0.4) is 0 Å². The van der Waals surface area contributed by atoms with Gasteiger partial charge in [0.25, 0.3) is 11.8 Å². The minimum absolute atomic E-state index is 0.0584. The quantitative estimate of drug-likeness (QED) is 0.891. The number of hydrogen-bond donors (Lipinski definition) is 2. The third kappa shape index (κ3) is 4.45. The number of carbonyl (C=O) groups excluding carboxylic acids is 2. The smallest absolute Gasteiger partial charge is 0.251 e. The standard InChI is InChI=1S/C18H20N2O2/c1-13(2)20-18(22)16-10-6-9-15(11-16)17(21)19-12-14-7-4-3-5-8-14/h3-11,13H,12H2,1-2H3,(H,19,21)(H,20,22). The first kappa shape index (κ1) is 15.8. The maximum absolute atomic E-state index is 12.2. The van der Waals surface area contributed by atoms with Crippen LogP contribution in [0.4, 0.5) is 0 Å². The maximum Gasteiger partial charge on any atom is 0.251 e. The number of nitrogens with one attached hydrogen (secondary N) is 2. The number of rotatable bonds is 5. The molecule has 0 saturated carbocycles. The lowest BCUT2D eigenvalue weighted by molar-refractivity contribution is 0.0943. The van der Waals surface area contributed by atoms with E-state index < -0.39 is 0 Å². The monoisotopic (exact) mass is 296 g/mol. The molecule has 0 aliphatic rings. The van der Waals surface area contributed by atoms with E-state index in [1.807, 2.05) is 44.2 Å². The second-order valence-corrected chi connectivity index (χ2v) is 5.38. The molecule has 4 heteroatoms. The molecule has 22 heavy (non-hydrogen) atoms. The number of benzene rings is 2. The molecule has 0 bridgehead atoms. The number of carbonyl (C=O) groups is 2. The third-order valence-electron chi connectivity index (χ3n) is 3.10. The molecule has 0 atom stereocenters. The Labute approximate surface area is 130 Å². The van der Waals surface area contributed by atoms with E-state index >= 15 is 0 Å². The fraction of sp³-hybridized carbons (Fsp3) is 0.222. The summed E-state index contributed by atoms with van der Waals surface area (Å²) in [5, 5.41) is 5.66. The molecule has 2 amide bonds. The van der Waals surface area contributed by atoms with Crippen molar-refractivity contribution in [1.82, 2.24) is 10.6 Å². The molecule has 0 radical (unpaired) electrons. The van der Waals surface area contributed by atoms with E-state index in [1.165, 1.54) is 0 Å². The normalized spacial score (nSPS) is 10.3. The van der Waals surface area contributed by atoms with Gasteiger partial charge in [0.05, 0.1) is 0 Å². The lowest BCUT2D eigenvalue weighted by atomic mass is 10.1. The van der Waals surface area contributed by atoms with Crippen LogP contribution in [0.2, 0.25) is 0 Å². The van der Waals surface area contributed by atoms with E-state index in [-0.39, 0.29) is 17.9 Å². The fourth-order valence-electron chi connectivity index (χ4n) is 2.03. The predicted octanol–water partition coefficient (Wildman–Crippen LogP) is 2.75. The minimum atomic E-state index is -0.192. The second kappa shape index (κ2) is 7.41. The Bertz CT molecular complexity index is 651. The molecule has 2 N–H and O–H groups in total. The van der Waals surface area contributed by atoms with Gasteiger partial charge in [-0.2, -0.15) is 0 Å². The van der Waals surface area contributed by atoms with E-state index in [0.717, 1.165) is 5.56 Å². The molecule has 0 aliphatic carbocycles. The Kier molecular flexibility index (Phi) is 5.31. The molecule has 0 heterocycles. The average molecular weight is 296 g/mol. The molecule has 0 unspecified atom stereocenters. The van der Waals surface area contributed by atoms with E-state index in [1.54, 1.807) is 24.3 Å². The van der Waals surface area contributed by atoms with Crippen molar-refractivity contribution in [3.05, 3.63) is 71.3 Å². The molecule has 2 aromatic rings. The highest BCUT2D eigenvalue weighted by molar-refractivity contribution is 5.99. The zero-order chi connectivity index (χ0) is 15.9. The van der Waals surface area contributed by atoms with Gasteiger partial charge in [0.1, 0.15) is 0 Å². The fourth-order valence-corrected chi connectivity index (χ4v) is 2.03. The van der Waals surface area contributed by atoms with Crippen molar-refractivity contribution >= 4 is 11.8 Å². The summed E-state index contributed by atoms with van der Waals surface area (Å²) in [6.07, 6.45) is 0. The van der Waals surface area contributed by atoms with Crippen LogP contribution in [0, 0.1) is 0 Å². The first-order chi connectivity index (χ1) is 10.6. The Balaban J connectivity index is 2.02. The highest BCUT2D eigenvalue weighted by Gasteiger charge is 2.11. The van der Waals surface area contributed by atoms with Crippen molar-refractivity contribution in [2.45, 2.75) is 26.4 Å². The largest absolute Gasteiger partial charge is 0.350 e. The van der Waals surface area contributed by atoms with Crippen LogP contribution < -0.4 is 10.6 Å². The van der Waals surface area contributed by atoms with Crippen molar-refractivity contribution in [1.29, 1.82) is 0 Å². The predicted molar refractivity (Wildman–Crippen MR) is 86.7 cm³/mol. The highest BCUT2D eigenvalue weighted by Crippen LogP contribution is 2.07. The first-order valence-corrected chi connectivity index (χ1v) is 7.29. The van der Waals surface area contributed by atoms with Gasteiger partial charge in [0.2, 0.25) is 0 Å². The number of hydrogen-bond acceptors (Lipinski definition) is 2. The molecular formula is C18H20N2O2. The zero-order valence-electron chi connectivity index (χ0n) is 12.8. The summed E-state index contributed by atoms with van der Waals surface area (Å²) in [6.45, 7) is 4.25. The molecule has 114 valence electrons. The summed E-state index contributed by atoms with van der Waals surface area (Å²) < 4.78 is 0. The van der Waals surface area contributed by atoms with Gasteiger partial charge in [-0.25, -0.2) is 0 Å². The maximum atomic E-state index is 12.2. The van der Waals surface area contributed by atoms with Gasteiger partial charge >= 0.3 is 0 Å². The zero-order valence-corrected chi connectivity index (χ0v) is 12.8. The van der Waals surface area contributed by atoms with Gasteiger partial charge in [-0.05, 0) is 37.6 Å². The summed E-state index contributed by atoms with van der Waals surface area (Å²) >= 11 is 0. The van der Waals surface area contributed by atoms with Crippen LogP contribution in [0.25, 0.3) is 0 Å². The van der Waals surface area contributed by atoms with Crippen LogP contribution in [-0.2, 0) is 6.54 Å². The van der Waals surface area contributed by atoms with E-state index in [4.69, 9.17) is 0 Å². The van der Waals surface area contributed by atoms with Gasteiger partial charge in [-0.3, -0.25) is 9.59 Å². The topological polar surface area (TPSA) is 58.2 Å². The molecule has 2 rings (SSSR count). The van der Waals surface area contributed by atoms with Gasteiger partial charge in [-0.1, -0.05) is 36.4 Å². The summed E-state index contributed by atoms with van der Waals surface area (Å²) in [7, 11) is 0. The minimum Gasteiger partial charge on any atom is -0.350 e. The molecule has 0 saturated heterocycles. The van der Waals surface area contributed by atoms with E-state index in [2.05, 4.69) is 10.6 Å². The Morgan fingerprint density at radius 3 is 2.18 bits per heavy atom. The van der Waals surface area contributed by atoms with Gasteiger partial charge in [0, 0.05) is 23.7 Å². The van der Waals surface area contributed by atoms with Gasteiger partial charge in [0.15, 0.2) is 0 Å². The second-order valence-electron chi connectivity index (χ2n) is 5.38. The summed E-state index contributed by atoms with van der Waals surface area (Å²) in [6, 6.07) is 16.5. The Morgan fingerprint density at radius 2 is 1.55 bits per heavy atom. The van der Waals surface area contributed by atoms with Crippen LogP contribution in [-0.4, -0.2) is 17.9 Å². The molecule has 2 aromatic carbocycles. The molecule has 0 spiro atoms. The summed E-state index contributed by atoms with van der Waals surface area (Å²) in [4.78, 5) is 24.1. The van der Waals surface area contributed by atoms with Crippen molar-refractivity contribution in [3.8, 4) is 0 Å². The molecule has 4 nitrogen and oxygen atoms in total.